The van der Waals surface area contributed by atoms with Gasteiger partial charge in [0.05, 0.1) is 10.9 Å². The summed E-state index contributed by atoms with van der Waals surface area (Å²) in [5, 5.41) is 24.8. The molecule has 0 atom stereocenters. The third-order valence-corrected chi connectivity index (χ3v) is 5.39. The van der Waals surface area contributed by atoms with Gasteiger partial charge in [-0.3, -0.25) is 10.1 Å². The summed E-state index contributed by atoms with van der Waals surface area (Å²) >= 11 is 0. The van der Waals surface area contributed by atoms with Crippen LogP contribution in [0.25, 0.3) is 10.8 Å². The number of carboxylic acid groups (broad SMARTS) is 1. The smallest absolute Gasteiger partial charge is 0.311 e. The molecule has 0 heterocycles. The highest BCUT2D eigenvalue weighted by Crippen LogP contribution is 2.46. The highest BCUT2D eigenvalue weighted by atomic mass is 16.6. The van der Waals surface area contributed by atoms with Crippen LogP contribution >= 0.6 is 0 Å². The lowest BCUT2D eigenvalue weighted by molar-refractivity contribution is -0.386. The number of nitrogens with zero attached hydrogens (tertiary/aromatic N) is 1. The van der Waals surface area contributed by atoms with Gasteiger partial charge in [-0.15, -0.1) is 0 Å². The lowest BCUT2D eigenvalue weighted by atomic mass is 9.87. The van der Waals surface area contributed by atoms with E-state index in [1.165, 1.54) is 12.1 Å². The summed E-state index contributed by atoms with van der Waals surface area (Å²) in [5.74, 6) is -1.44. The van der Waals surface area contributed by atoms with Crippen LogP contribution < -0.4 is 9.84 Å². The fourth-order valence-electron chi connectivity index (χ4n) is 4.08. The Morgan fingerprint density at radius 3 is 2.43 bits per heavy atom. The molecule has 0 amide bonds. The van der Waals surface area contributed by atoms with E-state index in [-0.39, 0.29) is 17.0 Å². The number of nitro groups is 1. The highest BCUT2D eigenvalue weighted by Gasteiger charge is 2.40. The van der Waals surface area contributed by atoms with Crippen molar-refractivity contribution in [3.05, 3.63) is 81.9 Å². The fraction of sp³-hybridized carbons (Fsp3) is 0.227. The van der Waals surface area contributed by atoms with Gasteiger partial charge in [0.1, 0.15) is 5.60 Å². The van der Waals surface area contributed by atoms with Crippen molar-refractivity contribution in [3.63, 3.8) is 0 Å². The number of benzene rings is 3. The lowest BCUT2D eigenvalue weighted by Gasteiger charge is -2.32. The van der Waals surface area contributed by atoms with E-state index in [9.17, 15) is 20.0 Å². The Kier molecular flexibility index (Phi) is 4.47. The number of aromatic carboxylic acids is 1. The van der Waals surface area contributed by atoms with Crippen molar-refractivity contribution < 1.29 is 19.6 Å². The van der Waals surface area contributed by atoms with Crippen LogP contribution in [-0.2, 0) is 5.60 Å². The van der Waals surface area contributed by atoms with Gasteiger partial charge in [0.25, 0.3) is 0 Å². The molecular weight excluding hydrogens is 358 g/mol. The van der Waals surface area contributed by atoms with Gasteiger partial charge in [-0.05, 0) is 48.6 Å². The normalized spacial score (nSPS) is 15.4. The Labute approximate surface area is 161 Å². The van der Waals surface area contributed by atoms with Crippen molar-refractivity contribution in [2.24, 2.45) is 0 Å². The second kappa shape index (κ2) is 6.96. The maximum atomic E-state index is 11.5. The zero-order valence-corrected chi connectivity index (χ0v) is 15.1. The first-order valence-electron chi connectivity index (χ1n) is 9.17. The number of hydrogen-bond acceptors (Lipinski definition) is 5. The van der Waals surface area contributed by atoms with E-state index in [0.717, 1.165) is 35.2 Å². The fourth-order valence-corrected chi connectivity index (χ4v) is 4.08. The molecule has 0 spiro atoms. The molecule has 0 unspecified atom stereocenters. The topological polar surface area (TPSA) is 92.5 Å². The van der Waals surface area contributed by atoms with Gasteiger partial charge in [0, 0.05) is 17.2 Å². The van der Waals surface area contributed by atoms with Crippen LogP contribution in [0.3, 0.4) is 0 Å². The Morgan fingerprint density at radius 2 is 1.71 bits per heavy atom. The van der Waals surface area contributed by atoms with Crippen LogP contribution in [0.1, 0.15) is 41.6 Å². The van der Waals surface area contributed by atoms with Gasteiger partial charge in [-0.1, -0.05) is 42.5 Å². The number of hydrogen-bond donors (Lipinski definition) is 0. The number of carbonyl (C=O) groups excluding carboxylic acids is 1. The van der Waals surface area contributed by atoms with Gasteiger partial charge in [0.15, 0.2) is 5.75 Å². The highest BCUT2D eigenvalue weighted by molar-refractivity contribution is 5.87. The van der Waals surface area contributed by atoms with Crippen LogP contribution in [0.4, 0.5) is 5.69 Å². The number of ether oxygens (including phenoxy) is 1. The van der Waals surface area contributed by atoms with Crippen molar-refractivity contribution in [3.8, 4) is 5.75 Å². The molecule has 0 aromatic heterocycles. The minimum atomic E-state index is -1.40. The molecule has 6 heteroatoms. The molecule has 1 aliphatic carbocycles. The monoisotopic (exact) mass is 376 g/mol. The van der Waals surface area contributed by atoms with Crippen LogP contribution in [0.2, 0.25) is 0 Å². The average molecular weight is 376 g/mol. The van der Waals surface area contributed by atoms with E-state index in [1.807, 2.05) is 42.5 Å². The van der Waals surface area contributed by atoms with Crippen LogP contribution in [-0.4, -0.2) is 10.9 Å². The molecule has 0 saturated heterocycles. The molecule has 0 bridgehead atoms. The molecule has 3 aromatic rings. The molecule has 28 heavy (non-hydrogen) atoms. The molecule has 0 N–H and O–H groups in total. The number of rotatable bonds is 5. The van der Waals surface area contributed by atoms with Gasteiger partial charge < -0.3 is 14.6 Å². The number of carbonyl (C=O) groups is 1. The van der Waals surface area contributed by atoms with Crippen molar-refractivity contribution in [1.29, 1.82) is 0 Å². The largest absolute Gasteiger partial charge is 0.545 e. The molecule has 0 radical (unpaired) electrons. The first-order valence-corrected chi connectivity index (χ1v) is 9.17. The number of fused-ring (bicyclic) bond motifs is 1. The Morgan fingerprint density at radius 1 is 1.00 bits per heavy atom. The Bertz CT molecular complexity index is 1060. The summed E-state index contributed by atoms with van der Waals surface area (Å²) in [6.45, 7) is 0. The third kappa shape index (κ3) is 3.07. The van der Waals surface area contributed by atoms with Crippen LogP contribution in [0.15, 0.2) is 60.7 Å². The molecule has 3 aromatic carbocycles. The second-order valence-corrected chi connectivity index (χ2v) is 7.06. The van der Waals surface area contributed by atoms with Gasteiger partial charge in [0.2, 0.25) is 0 Å². The summed E-state index contributed by atoms with van der Waals surface area (Å²) in [4.78, 5) is 22.2. The second-order valence-electron chi connectivity index (χ2n) is 7.06. The minimum Gasteiger partial charge on any atom is -0.545 e. The third-order valence-electron chi connectivity index (χ3n) is 5.39. The summed E-state index contributed by atoms with van der Waals surface area (Å²) in [5.41, 5.74) is -0.171. The molecule has 142 valence electrons. The zero-order chi connectivity index (χ0) is 19.7. The maximum Gasteiger partial charge on any atom is 0.311 e. The minimum absolute atomic E-state index is 0.0402. The van der Waals surface area contributed by atoms with E-state index in [2.05, 4.69) is 0 Å². The molecule has 0 aliphatic heterocycles. The molecule has 1 saturated carbocycles. The lowest BCUT2D eigenvalue weighted by Crippen LogP contribution is -2.30. The Balaban J connectivity index is 1.87. The number of carboxylic acids is 1. The van der Waals surface area contributed by atoms with Crippen molar-refractivity contribution in [1.82, 2.24) is 0 Å². The predicted molar refractivity (Wildman–Crippen MR) is 102 cm³/mol. The van der Waals surface area contributed by atoms with E-state index in [1.54, 1.807) is 0 Å². The van der Waals surface area contributed by atoms with Gasteiger partial charge in [-0.2, -0.15) is 0 Å². The summed E-state index contributed by atoms with van der Waals surface area (Å²) in [7, 11) is 0. The standard InChI is InChI=1S/C22H19NO5/c24-21(25)16-10-11-19(23(26)27)20(14-16)28-22(12-3-4-13-22)18-9-5-7-15-6-1-2-8-17(15)18/h1-2,5-11,14H,3-4,12-13H2,(H,24,25)/p-1. The van der Waals surface area contributed by atoms with Gasteiger partial charge in [-0.25, -0.2) is 0 Å². The zero-order valence-electron chi connectivity index (χ0n) is 15.1. The summed E-state index contributed by atoms with van der Waals surface area (Å²) < 4.78 is 6.31. The molecule has 1 fully saturated rings. The molecule has 6 nitrogen and oxygen atoms in total. The Hall–Kier alpha value is -3.41. The predicted octanol–water partition coefficient (Wildman–Crippen LogP) is 3.96. The first-order chi connectivity index (χ1) is 13.5. The number of nitro benzene ring substituents is 1. The maximum absolute atomic E-state index is 11.5. The van der Waals surface area contributed by atoms with Crippen LogP contribution in [0, 0.1) is 10.1 Å². The summed E-state index contributed by atoms with van der Waals surface area (Å²) in [6, 6.07) is 17.4. The quantitative estimate of drug-likeness (QED) is 0.496. The molecule has 4 rings (SSSR count). The molecular formula is C22H18NO5-. The van der Waals surface area contributed by atoms with Crippen molar-refractivity contribution in [2.45, 2.75) is 31.3 Å². The summed E-state index contributed by atoms with van der Waals surface area (Å²) in [6.07, 6.45) is 3.26. The van der Waals surface area contributed by atoms with Crippen LogP contribution in [0.5, 0.6) is 5.75 Å². The SMILES string of the molecule is O=C([O-])c1ccc([N+](=O)[O-])c(OC2(c3cccc4ccccc34)CCCC2)c1. The first kappa shape index (κ1) is 18.0. The van der Waals surface area contributed by atoms with Crippen molar-refractivity contribution in [2.75, 3.05) is 0 Å². The molecule has 1 aliphatic rings. The van der Waals surface area contributed by atoms with E-state index < -0.39 is 16.5 Å². The van der Waals surface area contributed by atoms with Gasteiger partial charge >= 0.3 is 5.69 Å². The van der Waals surface area contributed by atoms with E-state index in [0.29, 0.717) is 12.8 Å². The van der Waals surface area contributed by atoms with Crippen molar-refractivity contribution >= 4 is 22.4 Å². The van der Waals surface area contributed by atoms with E-state index >= 15 is 0 Å². The van der Waals surface area contributed by atoms with E-state index in [4.69, 9.17) is 4.74 Å². The average Bonchev–Trinajstić information content (AvgIpc) is 3.16.